The molecule has 4 rings (SSSR count). The van der Waals surface area contributed by atoms with Crippen molar-refractivity contribution in [3.05, 3.63) is 54.1 Å². The van der Waals surface area contributed by atoms with Gasteiger partial charge in [-0.1, -0.05) is 6.07 Å². The van der Waals surface area contributed by atoms with Crippen molar-refractivity contribution in [1.29, 1.82) is 0 Å². The van der Waals surface area contributed by atoms with Gasteiger partial charge in [-0.15, -0.1) is 0 Å². The monoisotopic (exact) mass is 429 g/mol. The molecule has 0 aliphatic heterocycles. The van der Waals surface area contributed by atoms with Gasteiger partial charge in [0.05, 0.1) is 18.3 Å². The Labute approximate surface area is 177 Å². The molecule has 1 aliphatic carbocycles. The molecule has 1 fully saturated rings. The van der Waals surface area contributed by atoms with Gasteiger partial charge in [0, 0.05) is 23.9 Å². The highest BCUT2D eigenvalue weighted by atomic mass is 16.6. The zero-order valence-electron chi connectivity index (χ0n) is 16.6. The van der Waals surface area contributed by atoms with Crippen molar-refractivity contribution < 1.29 is 39.5 Å². The van der Waals surface area contributed by atoms with E-state index in [1.165, 1.54) is 12.1 Å². The van der Waals surface area contributed by atoms with E-state index in [0.29, 0.717) is 27.9 Å². The van der Waals surface area contributed by atoms with Crippen molar-refractivity contribution in [1.82, 2.24) is 5.32 Å². The third kappa shape index (κ3) is 3.36. The van der Waals surface area contributed by atoms with Gasteiger partial charge in [0.1, 0.15) is 23.2 Å². The van der Waals surface area contributed by atoms with Gasteiger partial charge in [-0.2, -0.15) is 0 Å². The van der Waals surface area contributed by atoms with E-state index in [4.69, 9.17) is 9.15 Å². The standard InChI is InChI=1S/C22H23NO8/c1-23-20(27)13-3-2-4-16-14(13)9-17(31-16)11-5-7-12(8-6-11)30-21(28)22(29)15(10-24)18(25)19(22)26/h2-9,15,18-19,21,24-26,28-29H,10H2,1H3,(H,23,27). The van der Waals surface area contributed by atoms with Crippen molar-refractivity contribution in [3.63, 3.8) is 0 Å². The lowest BCUT2D eigenvalue weighted by atomic mass is 9.64. The smallest absolute Gasteiger partial charge is 0.251 e. The number of ether oxygens (including phenoxy) is 1. The van der Waals surface area contributed by atoms with Gasteiger partial charge in [0.15, 0.2) is 5.60 Å². The Balaban J connectivity index is 1.54. The summed E-state index contributed by atoms with van der Waals surface area (Å²) < 4.78 is 11.2. The van der Waals surface area contributed by atoms with E-state index in [1.54, 1.807) is 43.4 Å². The van der Waals surface area contributed by atoms with Crippen LogP contribution < -0.4 is 10.1 Å². The number of amides is 1. The molecule has 31 heavy (non-hydrogen) atoms. The summed E-state index contributed by atoms with van der Waals surface area (Å²) in [6, 6.07) is 13.3. The lowest BCUT2D eigenvalue weighted by molar-refractivity contribution is -0.332. The lowest BCUT2D eigenvalue weighted by Crippen LogP contribution is -2.76. The van der Waals surface area contributed by atoms with Crippen LogP contribution >= 0.6 is 0 Å². The molecule has 2 aromatic carbocycles. The van der Waals surface area contributed by atoms with Crippen LogP contribution in [0.5, 0.6) is 5.75 Å². The summed E-state index contributed by atoms with van der Waals surface area (Å²) in [7, 11) is 1.55. The van der Waals surface area contributed by atoms with Crippen LogP contribution in [0.25, 0.3) is 22.3 Å². The van der Waals surface area contributed by atoms with E-state index in [0.717, 1.165) is 0 Å². The first-order valence-electron chi connectivity index (χ1n) is 9.70. The third-order valence-corrected chi connectivity index (χ3v) is 5.82. The van der Waals surface area contributed by atoms with Crippen LogP contribution in [0.15, 0.2) is 52.9 Å². The maximum absolute atomic E-state index is 12.1. The van der Waals surface area contributed by atoms with E-state index in [1.807, 2.05) is 0 Å². The Bertz CT molecular complexity index is 1090. The number of nitrogens with one attached hydrogen (secondary N) is 1. The molecule has 1 heterocycles. The molecule has 5 unspecified atom stereocenters. The molecule has 9 nitrogen and oxygen atoms in total. The average Bonchev–Trinajstić information content (AvgIpc) is 3.23. The minimum atomic E-state index is -2.19. The van der Waals surface area contributed by atoms with Gasteiger partial charge in [0.2, 0.25) is 6.29 Å². The van der Waals surface area contributed by atoms with Gasteiger partial charge in [-0.25, -0.2) is 0 Å². The molecule has 0 saturated heterocycles. The fourth-order valence-electron chi connectivity index (χ4n) is 3.91. The number of aliphatic hydroxyl groups excluding tert-OH is 4. The molecule has 1 amide bonds. The first kappa shape index (κ1) is 21.3. The van der Waals surface area contributed by atoms with Gasteiger partial charge < -0.3 is 40.0 Å². The number of hydrogen-bond acceptors (Lipinski definition) is 8. The summed E-state index contributed by atoms with van der Waals surface area (Å²) in [4.78, 5) is 12.1. The molecule has 6 N–H and O–H groups in total. The molecule has 1 aromatic heterocycles. The van der Waals surface area contributed by atoms with Crippen LogP contribution in [-0.2, 0) is 0 Å². The van der Waals surface area contributed by atoms with Crippen molar-refractivity contribution in [2.45, 2.75) is 24.1 Å². The Kier molecular flexibility index (Phi) is 5.46. The van der Waals surface area contributed by atoms with Crippen molar-refractivity contribution in [2.75, 3.05) is 13.7 Å². The van der Waals surface area contributed by atoms with Crippen molar-refractivity contribution in [2.24, 2.45) is 5.92 Å². The molecular formula is C22H23NO8. The predicted molar refractivity (Wildman–Crippen MR) is 109 cm³/mol. The van der Waals surface area contributed by atoms with Crippen LogP contribution in [0.4, 0.5) is 0 Å². The molecule has 1 saturated carbocycles. The Morgan fingerprint density at radius 3 is 2.58 bits per heavy atom. The highest BCUT2D eigenvalue weighted by Gasteiger charge is 2.65. The zero-order valence-corrected chi connectivity index (χ0v) is 16.6. The summed E-state index contributed by atoms with van der Waals surface area (Å²) in [5.41, 5.74) is -0.457. The summed E-state index contributed by atoms with van der Waals surface area (Å²) in [6.07, 6.45) is -4.87. The van der Waals surface area contributed by atoms with Gasteiger partial charge in [0.25, 0.3) is 5.91 Å². The van der Waals surface area contributed by atoms with Crippen molar-refractivity contribution >= 4 is 16.9 Å². The molecule has 3 aromatic rings. The zero-order chi connectivity index (χ0) is 22.3. The van der Waals surface area contributed by atoms with Gasteiger partial charge in [-0.3, -0.25) is 4.79 Å². The first-order chi connectivity index (χ1) is 14.8. The molecule has 9 heteroatoms. The highest BCUT2D eigenvalue weighted by Crippen LogP contribution is 2.42. The maximum atomic E-state index is 12.1. The number of rotatable bonds is 6. The fourth-order valence-corrected chi connectivity index (χ4v) is 3.91. The fraction of sp³-hybridized carbons (Fsp3) is 0.318. The third-order valence-electron chi connectivity index (χ3n) is 5.82. The molecular weight excluding hydrogens is 406 g/mol. The molecule has 0 bridgehead atoms. The number of carbonyl (C=O) groups is 1. The van der Waals surface area contributed by atoms with Crippen LogP contribution in [0.3, 0.4) is 0 Å². The van der Waals surface area contributed by atoms with Crippen LogP contribution in [0.1, 0.15) is 10.4 Å². The second kappa shape index (κ2) is 7.95. The minimum absolute atomic E-state index is 0.192. The Morgan fingerprint density at radius 1 is 1.23 bits per heavy atom. The summed E-state index contributed by atoms with van der Waals surface area (Å²) in [6.45, 7) is -0.627. The highest BCUT2D eigenvalue weighted by molar-refractivity contribution is 6.06. The first-order valence-corrected chi connectivity index (χ1v) is 9.70. The number of benzene rings is 2. The topological polar surface area (TPSA) is 153 Å². The normalized spacial score (nSPS) is 26.3. The van der Waals surface area contributed by atoms with Gasteiger partial charge in [-0.05, 0) is 42.5 Å². The Hall–Kier alpha value is -2.95. The second-order valence-electron chi connectivity index (χ2n) is 7.51. The minimum Gasteiger partial charge on any atom is -0.462 e. The van der Waals surface area contributed by atoms with E-state index < -0.39 is 36.6 Å². The average molecular weight is 429 g/mol. The predicted octanol–water partition coefficient (Wildman–Crippen LogP) is 0.232. The van der Waals surface area contributed by atoms with E-state index in [-0.39, 0.29) is 11.7 Å². The summed E-state index contributed by atoms with van der Waals surface area (Å²) in [5.74, 6) is -0.646. The molecule has 5 atom stereocenters. The Morgan fingerprint density at radius 2 is 1.94 bits per heavy atom. The van der Waals surface area contributed by atoms with Crippen LogP contribution in [-0.4, -0.2) is 69.2 Å². The number of furan rings is 1. The van der Waals surface area contributed by atoms with Crippen LogP contribution in [0, 0.1) is 5.92 Å². The largest absolute Gasteiger partial charge is 0.462 e. The summed E-state index contributed by atoms with van der Waals surface area (Å²) in [5, 5.41) is 52.7. The quantitative estimate of drug-likeness (QED) is 0.305. The summed E-state index contributed by atoms with van der Waals surface area (Å²) >= 11 is 0. The number of aliphatic hydroxyl groups is 5. The molecule has 0 radical (unpaired) electrons. The van der Waals surface area contributed by atoms with Crippen LogP contribution in [0.2, 0.25) is 0 Å². The second-order valence-corrected chi connectivity index (χ2v) is 7.51. The SMILES string of the molecule is CNC(=O)c1cccc2oc(-c3ccc(OC(O)C4(O)C(O)C(O)C4CO)cc3)cc12. The molecule has 1 aliphatic rings. The van der Waals surface area contributed by atoms with Crippen molar-refractivity contribution in [3.8, 4) is 17.1 Å². The lowest BCUT2D eigenvalue weighted by Gasteiger charge is -2.53. The van der Waals surface area contributed by atoms with Gasteiger partial charge >= 0.3 is 0 Å². The number of fused-ring (bicyclic) bond motifs is 1. The molecule has 164 valence electrons. The van der Waals surface area contributed by atoms with E-state index in [9.17, 15) is 30.3 Å². The molecule has 0 spiro atoms. The maximum Gasteiger partial charge on any atom is 0.251 e. The number of hydrogen-bond donors (Lipinski definition) is 6. The number of carbonyl (C=O) groups excluding carboxylic acids is 1. The van der Waals surface area contributed by atoms with E-state index in [2.05, 4.69) is 5.32 Å². The van der Waals surface area contributed by atoms with E-state index >= 15 is 0 Å².